The van der Waals surface area contributed by atoms with Crippen molar-refractivity contribution in [1.29, 1.82) is 0 Å². The molecule has 6 heteroatoms. The minimum Gasteiger partial charge on any atom is -0.383 e. The number of benzene rings is 1. The van der Waals surface area contributed by atoms with Gasteiger partial charge < -0.3 is 15.0 Å². The summed E-state index contributed by atoms with van der Waals surface area (Å²) in [6.45, 7) is 4.61. The average molecular weight is 340 g/mol. The summed E-state index contributed by atoms with van der Waals surface area (Å²) in [6.07, 6.45) is 1.62. The summed E-state index contributed by atoms with van der Waals surface area (Å²) in [7, 11) is 1.72. The van der Waals surface area contributed by atoms with Crippen LogP contribution in [0.25, 0.3) is 0 Å². The van der Waals surface area contributed by atoms with E-state index in [2.05, 4.69) is 10.2 Å². The predicted octanol–water partition coefficient (Wildman–Crippen LogP) is 2.39. The fraction of sp³-hybridized carbons (Fsp3) is 0.588. The molecule has 23 heavy (non-hydrogen) atoms. The molecule has 1 atom stereocenters. The molecule has 0 spiro atoms. The fourth-order valence-electron chi connectivity index (χ4n) is 2.64. The quantitative estimate of drug-likeness (QED) is 0.701. The molecule has 1 aliphatic heterocycles. The van der Waals surface area contributed by atoms with E-state index >= 15 is 0 Å². The lowest BCUT2D eigenvalue weighted by Crippen LogP contribution is -2.31. The first-order valence-corrected chi connectivity index (χ1v) is 9.02. The third kappa shape index (κ3) is 6.89. The summed E-state index contributed by atoms with van der Waals surface area (Å²) in [6, 6.07) is 6.37. The lowest BCUT2D eigenvalue weighted by Gasteiger charge is -2.15. The van der Waals surface area contributed by atoms with E-state index in [9.17, 15) is 9.18 Å². The predicted molar refractivity (Wildman–Crippen MR) is 91.2 cm³/mol. The normalized spacial score (nSPS) is 18.3. The lowest BCUT2D eigenvalue weighted by atomic mass is 10.1. The molecule has 1 heterocycles. The molecule has 4 nitrogen and oxygen atoms in total. The van der Waals surface area contributed by atoms with E-state index in [1.54, 1.807) is 31.0 Å². The molecular weight excluding hydrogens is 315 g/mol. The molecule has 1 aliphatic rings. The van der Waals surface area contributed by atoms with Gasteiger partial charge in [0.2, 0.25) is 5.91 Å². The van der Waals surface area contributed by atoms with Crippen molar-refractivity contribution < 1.29 is 13.9 Å². The Balaban J connectivity index is 1.56. The summed E-state index contributed by atoms with van der Waals surface area (Å²) in [5, 5.41) is 3.03. The maximum atomic E-state index is 12.8. The molecule has 0 aromatic heterocycles. The average Bonchev–Trinajstić information content (AvgIpc) is 3.01. The summed E-state index contributed by atoms with van der Waals surface area (Å²) in [4.78, 5) is 15.2. The third-order valence-electron chi connectivity index (χ3n) is 3.98. The van der Waals surface area contributed by atoms with Crippen molar-refractivity contribution in [2.24, 2.45) is 5.92 Å². The number of halogens is 1. The van der Waals surface area contributed by atoms with Gasteiger partial charge in [-0.25, -0.2) is 4.39 Å². The van der Waals surface area contributed by atoms with Crippen LogP contribution < -0.4 is 5.32 Å². The Morgan fingerprint density at radius 1 is 1.43 bits per heavy atom. The number of methoxy groups -OCH3 is 1. The first-order valence-electron chi connectivity index (χ1n) is 8.03. The maximum Gasteiger partial charge on any atom is 0.220 e. The zero-order valence-corrected chi connectivity index (χ0v) is 14.4. The monoisotopic (exact) mass is 340 g/mol. The highest BCUT2D eigenvalue weighted by atomic mass is 32.2. The molecule has 1 amide bonds. The van der Waals surface area contributed by atoms with Crippen LogP contribution in [-0.2, 0) is 9.53 Å². The number of carbonyl (C=O) groups is 1. The largest absolute Gasteiger partial charge is 0.383 e. The first-order chi connectivity index (χ1) is 11.2. The summed E-state index contributed by atoms with van der Waals surface area (Å²) < 4.78 is 17.9. The summed E-state index contributed by atoms with van der Waals surface area (Å²) >= 11 is 1.58. The van der Waals surface area contributed by atoms with Crippen LogP contribution in [0.15, 0.2) is 29.2 Å². The minimum atomic E-state index is -0.233. The van der Waals surface area contributed by atoms with Gasteiger partial charge in [0.1, 0.15) is 5.82 Å². The molecule has 1 N–H and O–H groups in total. The molecule has 1 aromatic carbocycles. The van der Waals surface area contributed by atoms with E-state index < -0.39 is 0 Å². The molecule has 0 aliphatic carbocycles. The maximum absolute atomic E-state index is 12.8. The van der Waals surface area contributed by atoms with Gasteiger partial charge in [-0.2, -0.15) is 0 Å². The van der Waals surface area contributed by atoms with Crippen LogP contribution in [0, 0.1) is 11.7 Å². The Labute approximate surface area is 141 Å². The van der Waals surface area contributed by atoms with Gasteiger partial charge in [-0.1, -0.05) is 0 Å². The highest BCUT2D eigenvalue weighted by molar-refractivity contribution is 7.99. The number of likely N-dealkylation sites (tertiary alicyclic amines) is 1. The van der Waals surface area contributed by atoms with Crippen LogP contribution in [0.5, 0.6) is 0 Å². The molecule has 0 saturated carbocycles. The van der Waals surface area contributed by atoms with E-state index in [-0.39, 0.29) is 11.7 Å². The van der Waals surface area contributed by atoms with E-state index in [1.807, 2.05) is 0 Å². The van der Waals surface area contributed by atoms with Crippen molar-refractivity contribution >= 4 is 17.7 Å². The Morgan fingerprint density at radius 2 is 2.22 bits per heavy atom. The smallest absolute Gasteiger partial charge is 0.220 e. The van der Waals surface area contributed by atoms with Gasteiger partial charge in [0.25, 0.3) is 0 Å². The van der Waals surface area contributed by atoms with Gasteiger partial charge >= 0.3 is 0 Å². The molecule has 1 aromatic rings. The molecule has 2 rings (SSSR count). The van der Waals surface area contributed by atoms with Gasteiger partial charge in [-0.3, -0.25) is 4.79 Å². The molecular formula is C17H25FN2O2S. The van der Waals surface area contributed by atoms with Crippen molar-refractivity contribution in [3.05, 3.63) is 30.1 Å². The van der Waals surface area contributed by atoms with Gasteiger partial charge in [0, 0.05) is 43.8 Å². The van der Waals surface area contributed by atoms with Gasteiger partial charge in [0.05, 0.1) is 6.61 Å². The number of ether oxygens (including phenoxy) is 1. The van der Waals surface area contributed by atoms with Gasteiger partial charge in [-0.05, 0) is 43.1 Å². The van der Waals surface area contributed by atoms with Crippen molar-refractivity contribution in [3.8, 4) is 0 Å². The number of nitrogens with one attached hydrogen (secondary N) is 1. The summed E-state index contributed by atoms with van der Waals surface area (Å²) in [5.41, 5.74) is 0. The summed E-state index contributed by atoms with van der Waals surface area (Å²) in [5.74, 6) is 1.11. The minimum absolute atomic E-state index is 0.0925. The lowest BCUT2D eigenvalue weighted by molar-refractivity contribution is -0.120. The second kappa shape index (κ2) is 9.90. The second-order valence-corrected chi connectivity index (χ2v) is 6.97. The number of rotatable bonds is 9. The van der Waals surface area contributed by atoms with Crippen LogP contribution in [0.2, 0.25) is 0 Å². The Morgan fingerprint density at radius 3 is 2.96 bits per heavy atom. The number of amides is 1. The fourth-order valence-corrected chi connectivity index (χ4v) is 3.49. The number of carbonyl (C=O) groups excluding carboxylic acids is 1. The third-order valence-corrected chi connectivity index (χ3v) is 4.99. The molecule has 0 bridgehead atoms. The van der Waals surface area contributed by atoms with Crippen LogP contribution >= 0.6 is 11.8 Å². The van der Waals surface area contributed by atoms with E-state index in [0.29, 0.717) is 18.1 Å². The first kappa shape index (κ1) is 18.2. The van der Waals surface area contributed by atoms with E-state index in [0.717, 1.165) is 44.1 Å². The van der Waals surface area contributed by atoms with E-state index in [4.69, 9.17) is 4.74 Å². The van der Waals surface area contributed by atoms with Crippen molar-refractivity contribution in [3.63, 3.8) is 0 Å². The van der Waals surface area contributed by atoms with Crippen molar-refractivity contribution in [2.45, 2.75) is 17.7 Å². The number of hydrogen-bond donors (Lipinski definition) is 1. The van der Waals surface area contributed by atoms with Crippen LogP contribution in [0.4, 0.5) is 4.39 Å². The van der Waals surface area contributed by atoms with Gasteiger partial charge in [-0.15, -0.1) is 11.8 Å². The molecule has 1 saturated heterocycles. The topological polar surface area (TPSA) is 41.6 Å². The molecule has 0 unspecified atom stereocenters. The van der Waals surface area contributed by atoms with Crippen LogP contribution in [0.3, 0.4) is 0 Å². The molecule has 0 radical (unpaired) electrons. The highest BCUT2D eigenvalue weighted by Gasteiger charge is 2.22. The highest BCUT2D eigenvalue weighted by Crippen LogP contribution is 2.19. The van der Waals surface area contributed by atoms with Crippen molar-refractivity contribution in [1.82, 2.24) is 10.2 Å². The standard InChI is InChI=1S/C17H25FN2O2S/c1-22-10-9-20-8-6-14(13-20)12-19-17(21)7-11-23-16-4-2-15(18)3-5-16/h2-5,14H,6-13H2,1H3,(H,19,21)/t14-/m0/s1. The van der Waals surface area contributed by atoms with Gasteiger partial charge in [0.15, 0.2) is 0 Å². The van der Waals surface area contributed by atoms with Crippen molar-refractivity contribution in [2.75, 3.05) is 45.6 Å². The van der Waals surface area contributed by atoms with E-state index in [1.165, 1.54) is 12.1 Å². The Kier molecular flexibility index (Phi) is 7.85. The zero-order valence-electron chi connectivity index (χ0n) is 13.6. The number of hydrogen-bond acceptors (Lipinski definition) is 4. The SMILES string of the molecule is COCCN1CC[C@@H](CNC(=O)CCSc2ccc(F)cc2)C1. The molecule has 128 valence electrons. The Bertz CT molecular complexity index is 484. The van der Waals surface area contributed by atoms with Crippen LogP contribution in [-0.4, -0.2) is 56.5 Å². The number of thioether (sulfide) groups is 1. The Hall–Kier alpha value is -1.11. The zero-order chi connectivity index (χ0) is 16.5. The van der Waals surface area contributed by atoms with Crippen LogP contribution in [0.1, 0.15) is 12.8 Å². The second-order valence-electron chi connectivity index (χ2n) is 5.80. The molecule has 1 fully saturated rings. The number of nitrogens with zero attached hydrogens (tertiary/aromatic N) is 1.